The van der Waals surface area contributed by atoms with Crippen LogP contribution in [-0.4, -0.2) is 37.1 Å². The van der Waals surface area contributed by atoms with Crippen molar-refractivity contribution in [1.29, 1.82) is 0 Å². The SMILES string of the molecule is COC(=O)C(C1CC1)N1CCCC(C)C1. The van der Waals surface area contributed by atoms with Gasteiger partial charge >= 0.3 is 5.97 Å². The second kappa shape index (κ2) is 4.52. The van der Waals surface area contributed by atoms with E-state index in [4.69, 9.17) is 4.74 Å². The Kier molecular flexibility index (Phi) is 3.29. The third-order valence-electron chi connectivity index (χ3n) is 3.59. The molecule has 15 heavy (non-hydrogen) atoms. The van der Waals surface area contributed by atoms with Gasteiger partial charge in [0.1, 0.15) is 6.04 Å². The topological polar surface area (TPSA) is 29.5 Å². The van der Waals surface area contributed by atoms with Gasteiger partial charge in [-0.05, 0) is 44.1 Å². The van der Waals surface area contributed by atoms with E-state index in [1.807, 2.05) is 0 Å². The fraction of sp³-hybridized carbons (Fsp3) is 0.917. The zero-order chi connectivity index (χ0) is 10.8. The van der Waals surface area contributed by atoms with Crippen LogP contribution in [0, 0.1) is 11.8 Å². The van der Waals surface area contributed by atoms with Gasteiger partial charge < -0.3 is 4.74 Å². The van der Waals surface area contributed by atoms with Gasteiger partial charge in [0.05, 0.1) is 7.11 Å². The Morgan fingerprint density at radius 1 is 1.40 bits per heavy atom. The fourth-order valence-corrected chi connectivity index (χ4v) is 2.65. The number of esters is 1. The van der Waals surface area contributed by atoms with Gasteiger partial charge in [-0.2, -0.15) is 0 Å². The molecule has 0 aromatic carbocycles. The van der Waals surface area contributed by atoms with Gasteiger partial charge in [0.25, 0.3) is 0 Å². The molecule has 0 spiro atoms. The van der Waals surface area contributed by atoms with E-state index in [0.717, 1.165) is 19.0 Å². The predicted molar refractivity (Wildman–Crippen MR) is 58.5 cm³/mol. The molecule has 0 radical (unpaired) electrons. The first-order valence-electron chi connectivity index (χ1n) is 6.04. The first-order chi connectivity index (χ1) is 7.22. The summed E-state index contributed by atoms with van der Waals surface area (Å²) in [6.45, 7) is 4.41. The standard InChI is InChI=1S/C12H21NO2/c1-9-4-3-7-13(8-9)11(10-5-6-10)12(14)15-2/h9-11H,3-8H2,1-2H3. The van der Waals surface area contributed by atoms with E-state index in [2.05, 4.69) is 11.8 Å². The van der Waals surface area contributed by atoms with Crippen LogP contribution in [0.5, 0.6) is 0 Å². The number of nitrogens with zero attached hydrogens (tertiary/aromatic N) is 1. The smallest absolute Gasteiger partial charge is 0.323 e. The number of methoxy groups -OCH3 is 1. The van der Waals surface area contributed by atoms with Crippen molar-refractivity contribution >= 4 is 5.97 Å². The number of hydrogen-bond donors (Lipinski definition) is 0. The lowest BCUT2D eigenvalue weighted by atomic mass is 9.97. The average molecular weight is 211 g/mol. The molecular weight excluding hydrogens is 190 g/mol. The summed E-state index contributed by atoms with van der Waals surface area (Å²) in [5.41, 5.74) is 0. The van der Waals surface area contributed by atoms with Gasteiger partial charge in [-0.1, -0.05) is 6.92 Å². The van der Waals surface area contributed by atoms with Crippen LogP contribution in [0.4, 0.5) is 0 Å². The average Bonchev–Trinajstić information content (AvgIpc) is 3.02. The van der Waals surface area contributed by atoms with Gasteiger partial charge in [-0.3, -0.25) is 9.69 Å². The predicted octanol–water partition coefficient (Wildman–Crippen LogP) is 1.67. The summed E-state index contributed by atoms with van der Waals surface area (Å²) < 4.78 is 4.92. The Labute approximate surface area is 91.8 Å². The lowest BCUT2D eigenvalue weighted by Gasteiger charge is -2.35. The van der Waals surface area contributed by atoms with Crippen LogP contribution in [0.3, 0.4) is 0 Å². The summed E-state index contributed by atoms with van der Waals surface area (Å²) in [5, 5.41) is 0. The molecule has 1 heterocycles. The van der Waals surface area contributed by atoms with E-state index < -0.39 is 0 Å². The van der Waals surface area contributed by atoms with E-state index in [9.17, 15) is 4.79 Å². The maximum Gasteiger partial charge on any atom is 0.323 e. The summed E-state index contributed by atoms with van der Waals surface area (Å²) in [6.07, 6.45) is 4.92. The molecule has 0 N–H and O–H groups in total. The Morgan fingerprint density at radius 2 is 2.13 bits per heavy atom. The van der Waals surface area contributed by atoms with Crippen molar-refractivity contribution in [3.8, 4) is 0 Å². The van der Waals surface area contributed by atoms with E-state index >= 15 is 0 Å². The third-order valence-corrected chi connectivity index (χ3v) is 3.59. The van der Waals surface area contributed by atoms with Crippen molar-refractivity contribution in [2.24, 2.45) is 11.8 Å². The fourth-order valence-electron chi connectivity index (χ4n) is 2.65. The van der Waals surface area contributed by atoms with Crippen molar-refractivity contribution in [3.05, 3.63) is 0 Å². The molecule has 3 heteroatoms. The number of carbonyl (C=O) groups is 1. The van der Waals surface area contributed by atoms with Crippen LogP contribution < -0.4 is 0 Å². The summed E-state index contributed by atoms with van der Waals surface area (Å²) in [5.74, 6) is 1.28. The van der Waals surface area contributed by atoms with E-state index in [0.29, 0.717) is 5.92 Å². The molecule has 0 aromatic heterocycles. The Balaban J connectivity index is 1.99. The zero-order valence-corrected chi connectivity index (χ0v) is 9.74. The van der Waals surface area contributed by atoms with Crippen molar-refractivity contribution in [2.45, 2.75) is 38.6 Å². The molecule has 3 nitrogen and oxygen atoms in total. The van der Waals surface area contributed by atoms with E-state index in [1.54, 1.807) is 0 Å². The summed E-state index contributed by atoms with van der Waals surface area (Å²) in [7, 11) is 1.51. The molecular formula is C12H21NO2. The molecule has 0 bridgehead atoms. The molecule has 86 valence electrons. The lowest BCUT2D eigenvalue weighted by Crippen LogP contribution is -2.48. The Bertz CT molecular complexity index is 238. The second-order valence-electron chi connectivity index (χ2n) is 5.05. The van der Waals surface area contributed by atoms with Gasteiger partial charge in [-0.25, -0.2) is 0 Å². The van der Waals surface area contributed by atoms with Crippen LogP contribution in [0.25, 0.3) is 0 Å². The maximum absolute atomic E-state index is 11.7. The molecule has 2 aliphatic rings. The van der Waals surface area contributed by atoms with Crippen molar-refractivity contribution in [1.82, 2.24) is 4.90 Å². The molecule has 2 rings (SSSR count). The van der Waals surface area contributed by atoms with Crippen LogP contribution >= 0.6 is 0 Å². The highest BCUT2D eigenvalue weighted by Crippen LogP contribution is 2.37. The summed E-state index contributed by atoms with van der Waals surface area (Å²) in [4.78, 5) is 14.1. The molecule has 0 aromatic rings. The van der Waals surface area contributed by atoms with Gasteiger partial charge in [0.2, 0.25) is 0 Å². The molecule has 1 saturated carbocycles. The van der Waals surface area contributed by atoms with Gasteiger partial charge in [-0.15, -0.1) is 0 Å². The van der Waals surface area contributed by atoms with Gasteiger partial charge in [0.15, 0.2) is 0 Å². The minimum Gasteiger partial charge on any atom is -0.468 e. The number of ether oxygens (including phenoxy) is 1. The Hall–Kier alpha value is -0.570. The van der Waals surface area contributed by atoms with Crippen LogP contribution in [0.15, 0.2) is 0 Å². The van der Waals surface area contributed by atoms with Crippen molar-refractivity contribution in [2.75, 3.05) is 20.2 Å². The number of likely N-dealkylation sites (tertiary alicyclic amines) is 1. The number of rotatable bonds is 3. The van der Waals surface area contributed by atoms with Gasteiger partial charge in [0, 0.05) is 6.54 Å². The summed E-state index contributed by atoms with van der Waals surface area (Å²) in [6, 6.07) is 0.0535. The minimum atomic E-state index is -0.0217. The number of carbonyl (C=O) groups excluding carboxylic acids is 1. The molecule has 2 fully saturated rings. The van der Waals surface area contributed by atoms with Crippen molar-refractivity contribution < 1.29 is 9.53 Å². The first-order valence-corrected chi connectivity index (χ1v) is 6.04. The van der Waals surface area contributed by atoms with E-state index in [1.165, 1.54) is 32.8 Å². The molecule has 0 amide bonds. The summed E-state index contributed by atoms with van der Waals surface area (Å²) >= 11 is 0. The third kappa shape index (κ3) is 2.51. The molecule has 1 saturated heterocycles. The monoisotopic (exact) mass is 211 g/mol. The Morgan fingerprint density at radius 3 is 2.67 bits per heavy atom. The number of hydrogen-bond acceptors (Lipinski definition) is 3. The molecule has 1 aliphatic carbocycles. The quantitative estimate of drug-likeness (QED) is 0.665. The minimum absolute atomic E-state index is 0.0217. The first kappa shape index (κ1) is 10.9. The van der Waals surface area contributed by atoms with E-state index in [-0.39, 0.29) is 12.0 Å². The van der Waals surface area contributed by atoms with Crippen LogP contribution in [0.1, 0.15) is 32.6 Å². The van der Waals surface area contributed by atoms with Crippen LogP contribution in [-0.2, 0) is 9.53 Å². The molecule has 2 atom stereocenters. The highest BCUT2D eigenvalue weighted by atomic mass is 16.5. The maximum atomic E-state index is 11.7. The lowest BCUT2D eigenvalue weighted by molar-refractivity contribution is -0.148. The highest BCUT2D eigenvalue weighted by molar-refractivity contribution is 5.76. The number of piperidine rings is 1. The molecule has 1 aliphatic heterocycles. The second-order valence-corrected chi connectivity index (χ2v) is 5.05. The normalized spacial score (nSPS) is 29.9. The largest absolute Gasteiger partial charge is 0.468 e. The van der Waals surface area contributed by atoms with Crippen molar-refractivity contribution in [3.63, 3.8) is 0 Å². The zero-order valence-electron chi connectivity index (χ0n) is 9.74. The molecule has 2 unspecified atom stereocenters. The van der Waals surface area contributed by atoms with Crippen LogP contribution in [0.2, 0.25) is 0 Å². The highest BCUT2D eigenvalue weighted by Gasteiger charge is 2.41.